The van der Waals surface area contributed by atoms with Gasteiger partial charge in [-0.15, -0.1) is 12.4 Å². The molecular formula is C26H28ClN3O2S. The monoisotopic (exact) mass is 481 g/mol. The summed E-state index contributed by atoms with van der Waals surface area (Å²) < 4.78 is 7.03. The highest BCUT2D eigenvalue weighted by Gasteiger charge is 2.22. The molecule has 1 amide bonds. The molecule has 1 heterocycles. The summed E-state index contributed by atoms with van der Waals surface area (Å²) in [5, 5.41) is 0.726. The number of carbonyl (C=O) groups excluding carboxylic acids is 1. The summed E-state index contributed by atoms with van der Waals surface area (Å²) in [4.78, 5) is 22.3. The predicted molar refractivity (Wildman–Crippen MR) is 139 cm³/mol. The second-order valence-corrected chi connectivity index (χ2v) is 9.03. The van der Waals surface area contributed by atoms with Gasteiger partial charge >= 0.3 is 0 Å². The first kappa shape index (κ1) is 24.7. The smallest absolute Gasteiger partial charge is 0.260 e. The molecule has 0 bridgehead atoms. The van der Waals surface area contributed by atoms with Crippen LogP contribution in [0.4, 0.5) is 5.13 Å². The van der Waals surface area contributed by atoms with Gasteiger partial charge in [0, 0.05) is 12.1 Å². The van der Waals surface area contributed by atoms with E-state index in [9.17, 15) is 4.79 Å². The Morgan fingerprint density at radius 3 is 2.45 bits per heavy atom. The Bertz CT molecular complexity index is 1210. The van der Waals surface area contributed by atoms with Crippen LogP contribution in [0, 0.1) is 6.92 Å². The number of thiazole rings is 1. The fourth-order valence-corrected chi connectivity index (χ4v) is 4.53. The van der Waals surface area contributed by atoms with Crippen molar-refractivity contribution in [1.29, 1.82) is 0 Å². The Morgan fingerprint density at radius 1 is 0.939 bits per heavy atom. The van der Waals surface area contributed by atoms with Gasteiger partial charge < -0.3 is 9.64 Å². The van der Waals surface area contributed by atoms with Gasteiger partial charge in [-0.05, 0) is 82.0 Å². The van der Waals surface area contributed by atoms with Crippen molar-refractivity contribution in [2.75, 3.05) is 32.1 Å². The minimum Gasteiger partial charge on any atom is -0.457 e. The minimum atomic E-state index is -0.0713. The van der Waals surface area contributed by atoms with E-state index in [4.69, 9.17) is 9.72 Å². The zero-order valence-electron chi connectivity index (χ0n) is 19.0. The summed E-state index contributed by atoms with van der Waals surface area (Å²) in [6.07, 6.45) is 0.855. The number of ether oxygens (including phenoxy) is 1. The van der Waals surface area contributed by atoms with Crippen LogP contribution < -0.4 is 9.64 Å². The maximum absolute atomic E-state index is 13.6. The van der Waals surface area contributed by atoms with Gasteiger partial charge in [-0.25, -0.2) is 4.98 Å². The van der Waals surface area contributed by atoms with Gasteiger partial charge in [0.25, 0.3) is 5.91 Å². The van der Waals surface area contributed by atoms with E-state index in [1.807, 2.05) is 68.7 Å². The van der Waals surface area contributed by atoms with E-state index >= 15 is 0 Å². The molecule has 0 unspecified atom stereocenters. The number of rotatable bonds is 8. The van der Waals surface area contributed by atoms with E-state index in [0.717, 1.165) is 34.1 Å². The molecule has 0 atom stereocenters. The quantitative estimate of drug-likeness (QED) is 0.291. The molecule has 7 heteroatoms. The number of hydrogen-bond acceptors (Lipinski definition) is 5. The number of aryl methyl sites for hydroxylation is 1. The van der Waals surface area contributed by atoms with Crippen LogP contribution >= 0.6 is 23.7 Å². The molecule has 0 radical (unpaired) electrons. The van der Waals surface area contributed by atoms with Gasteiger partial charge in [0.2, 0.25) is 0 Å². The molecule has 0 N–H and O–H groups in total. The van der Waals surface area contributed by atoms with Gasteiger partial charge in [-0.2, -0.15) is 0 Å². The van der Waals surface area contributed by atoms with Gasteiger partial charge in [-0.3, -0.25) is 9.69 Å². The van der Waals surface area contributed by atoms with Crippen LogP contribution in [0.1, 0.15) is 22.3 Å². The summed E-state index contributed by atoms with van der Waals surface area (Å²) >= 11 is 1.56. The van der Waals surface area contributed by atoms with Crippen LogP contribution in [0.15, 0.2) is 72.8 Å². The van der Waals surface area contributed by atoms with E-state index in [1.54, 1.807) is 22.3 Å². The molecule has 0 aliphatic carbocycles. The zero-order chi connectivity index (χ0) is 22.5. The number of benzene rings is 3. The Hall–Kier alpha value is -2.93. The molecule has 5 nitrogen and oxygen atoms in total. The van der Waals surface area contributed by atoms with Gasteiger partial charge in [0.05, 0.1) is 10.2 Å². The summed E-state index contributed by atoms with van der Waals surface area (Å²) in [5.74, 6) is 1.30. The lowest BCUT2D eigenvalue weighted by molar-refractivity contribution is 0.0985. The Kier molecular flexibility index (Phi) is 8.44. The van der Waals surface area contributed by atoms with Crippen molar-refractivity contribution in [2.24, 2.45) is 0 Å². The minimum absolute atomic E-state index is 0. The lowest BCUT2D eigenvalue weighted by Crippen LogP contribution is -2.33. The Balaban J connectivity index is 0.00000306. The molecule has 0 aliphatic heterocycles. The topological polar surface area (TPSA) is 45.7 Å². The van der Waals surface area contributed by atoms with Crippen molar-refractivity contribution in [3.63, 3.8) is 0 Å². The molecule has 0 aliphatic rings. The van der Waals surface area contributed by atoms with Gasteiger partial charge in [-0.1, -0.05) is 41.7 Å². The second kappa shape index (κ2) is 11.3. The lowest BCUT2D eigenvalue weighted by Gasteiger charge is -2.21. The van der Waals surface area contributed by atoms with Crippen LogP contribution in [0.25, 0.3) is 10.2 Å². The maximum atomic E-state index is 13.6. The number of carbonyl (C=O) groups is 1. The first-order valence-electron chi connectivity index (χ1n) is 10.7. The van der Waals surface area contributed by atoms with Crippen LogP contribution in [0.5, 0.6) is 11.5 Å². The highest BCUT2D eigenvalue weighted by atomic mass is 35.5. The molecule has 3 aromatic carbocycles. The predicted octanol–water partition coefficient (Wildman–Crippen LogP) is 6.42. The normalized spacial score (nSPS) is 10.8. The summed E-state index contributed by atoms with van der Waals surface area (Å²) in [6, 6.07) is 23.1. The van der Waals surface area contributed by atoms with Gasteiger partial charge in [0.1, 0.15) is 11.5 Å². The largest absolute Gasteiger partial charge is 0.457 e. The molecule has 172 valence electrons. The van der Waals surface area contributed by atoms with E-state index in [-0.39, 0.29) is 18.3 Å². The third kappa shape index (κ3) is 6.32. The average Bonchev–Trinajstić information content (AvgIpc) is 3.20. The van der Waals surface area contributed by atoms with Gasteiger partial charge in [0.15, 0.2) is 5.13 Å². The second-order valence-electron chi connectivity index (χ2n) is 8.02. The number of amides is 1. The number of anilines is 1. The first-order chi connectivity index (χ1) is 15.5. The van der Waals surface area contributed by atoms with Crippen molar-refractivity contribution >= 4 is 45.0 Å². The molecule has 1 aromatic heterocycles. The van der Waals surface area contributed by atoms with Crippen LogP contribution in [0.3, 0.4) is 0 Å². The molecule has 0 saturated carbocycles. The number of nitrogens with zero attached hydrogens (tertiary/aromatic N) is 3. The fraction of sp³-hybridized carbons (Fsp3) is 0.231. The summed E-state index contributed by atoms with van der Waals surface area (Å²) in [7, 11) is 4.08. The zero-order valence-corrected chi connectivity index (χ0v) is 20.7. The van der Waals surface area contributed by atoms with Crippen molar-refractivity contribution in [3.05, 3.63) is 83.9 Å². The SMILES string of the molecule is Cc1ccc2nc(N(CCCN(C)C)C(=O)c3cccc(Oc4ccccc4)c3)sc2c1.Cl. The van der Waals surface area contributed by atoms with Crippen molar-refractivity contribution < 1.29 is 9.53 Å². The fourth-order valence-electron chi connectivity index (χ4n) is 3.44. The highest BCUT2D eigenvalue weighted by Crippen LogP contribution is 2.31. The van der Waals surface area contributed by atoms with Crippen molar-refractivity contribution in [1.82, 2.24) is 9.88 Å². The number of para-hydroxylation sites is 1. The standard InChI is InChI=1S/C26H27N3O2S.ClH/c1-19-13-14-23-24(17-19)32-26(27-23)29(16-8-15-28(2)3)25(30)20-9-7-12-22(18-20)31-21-10-5-4-6-11-21;/h4-7,9-14,17-18H,8,15-16H2,1-3H3;1H. The molecule has 0 spiro atoms. The van der Waals surface area contributed by atoms with Crippen LogP contribution in [-0.4, -0.2) is 43.0 Å². The lowest BCUT2D eigenvalue weighted by atomic mass is 10.2. The van der Waals surface area contributed by atoms with E-state index in [0.29, 0.717) is 17.9 Å². The molecule has 4 aromatic rings. The third-order valence-electron chi connectivity index (χ3n) is 5.06. The van der Waals surface area contributed by atoms with Crippen LogP contribution in [-0.2, 0) is 0 Å². The number of aromatic nitrogens is 1. The molecular weight excluding hydrogens is 454 g/mol. The first-order valence-corrected chi connectivity index (χ1v) is 11.5. The number of halogens is 1. The highest BCUT2D eigenvalue weighted by molar-refractivity contribution is 7.22. The number of fused-ring (bicyclic) bond motifs is 1. The van der Waals surface area contributed by atoms with Crippen molar-refractivity contribution in [2.45, 2.75) is 13.3 Å². The molecule has 33 heavy (non-hydrogen) atoms. The summed E-state index contributed by atoms with van der Waals surface area (Å²) in [6.45, 7) is 3.56. The van der Waals surface area contributed by atoms with E-state index in [1.165, 1.54) is 5.56 Å². The summed E-state index contributed by atoms with van der Waals surface area (Å²) in [5.41, 5.74) is 2.69. The molecule has 0 saturated heterocycles. The molecule has 0 fully saturated rings. The van der Waals surface area contributed by atoms with E-state index in [2.05, 4.69) is 24.0 Å². The third-order valence-corrected chi connectivity index (χ3v) is 6.10. The van der Waals surface area contributed by atoms with Crippen LogP contribution in [0.2, 0.25) is 0 Å². The average molecular weight is 482 g/mol. The Morgan fingerprint density at radius 2 is 1.70 bits per heavy atom. The maximum Gasteiger partial charge on any atom is 0.260 e. The van der Waals surface area contributed by atoms with Crippen molar-refractivity contribution in [3.8, 4) is 11.5 Å². The molecule has 4 rings (SSSR count). The number of hydrogen-bond donors (Lipinski definition) is 0. The Labute approximate surface area is 205 Å². The van der Waals surface area contributed by atoms with E-state index < -0.39 is 0 Å².